The second-order valence-corrected chi connectivity index (χ2v) is 13.5. The van der Waals surface area contributed by atoms with Crippen LogP contribution in [-0.2, 0) is 32.6 Å². The molecular weight excluding hydrogens is 522 g/mol. The van der Waals surface area contributed by atoms with Crippen LogP contribution >= 0.6 is 0 Å². The molecule has 0 fully saturated rings. The van der Waals surface area contributed by atoms with Gasteiger partial charge in [0.15, 0.2) is 0 Å². The van der Waals surface area contributed by atoms with Gasteiger partial charge in [-0.15, -0.1) is 0 Å². The number of nitrogens with one attached hydrogen (secondary N) is 1. The third-order valence-electron chi connectivity index (χ3n) is 6.42. The number of rotatable bonds is 10. The predicted octanol–water partition coefficient (Wildman–Crippen LogP) is 4.93. The Hall–Kier alpha value is -3.65. The van der Waals surface area contributed by atoms with Crippen molar-refractivity contribution in [3.8, 4) is 0 Å². The van der Waals surface area contributed by atoms with Crippen molar-refractivity contribution in [2.24, 2.45) is 0 Å². The Labute approximate surface area is 239 Å². The van der Waals surface area contributed by atoms with Crippen LogP contribution in [0.2, 0.25) is 0 Å². The summed E-state index contributed by atoms with van der Waals surface area (Å²) in [4.78, 5) is 29.4. The first kappa shape index (κ1) is 30.9. The summed E-state index contributed by atoms with van der Waals surface area (Å²) in [5.74, 6) is -0.760. The van der Waals surface area contributed by atoms with Gasteiger partial charge in [0.1, 0.15) is 12.6 Å². The van der Waals surface area contributed by atoms with E-state index in [1.807, 2.05) is 102 Å². The van der Waals surface area contributed by atoms with Gasteiger partial charge in [0, 0.05) is 18.5 Å². The minimum atomic E-state index is -3.81. The zero-order valence-corrected chi connectivity index (χ0v) is 25.4. The normalized spacial score (nSPS) is 12.5. The standard InChI is InChI=1S/C32H41N3O4S/c1-23-13-15-27(16-14-23)21-34(29(31(37)33-32(4,5)6)20-26-11-9-8-10-12-26)30(36)22-35(40(7,38)39)28-18-24(2)17-25(3)19-28/h8-19,29H,20-22H2,1-7H3,(H,33,37)/t29-/m0/s1. The summed E-state index contributed by atoms with van der Waals surface area (Å²) in [7, 11) is -3.81. The number of sulfonamides is 1. The fraction of sp³-hybridized carbons (Fsp3) is 0.375. The van der Waals surface area contributed by atoms with E-state index in [0.717, 1.165) is 38.4 Å². The number of carbonyl (C=O) groups excluding carboxylic acids is 2. The van der Waals surface area contributed by atoms with Crippen LogP contribution in [0.15, 0.2) is 72.8 Å². The Morgan fingerprint density at radius 2 is 1.40 bits per heavy atom. The van der Waals surface area contributed by atoms with E-state index in [1.165, 1.54) is 4.90 Å². The first-order chi connectivity index (χ1) is 18.6. The topological polar surface area (TPSA) is 86.8 Å². The van der Waals surface area contributed by atoms with Crippen molar-refractivity contribution < 1.29 is 18.0 Å². The molecule has 0 radical (unpaired) electrons. The second-order valence-electron chi connectivity index (χ2n) is 11.6. The molecule has 8 heteroatoms. The Balaban J connectivity index is 2.08. The number of hydrogen-bond donors (Lipinski definition) is 1. The summed E-state index contributed by atoms with van der Waals surface area (Å²) in [5, 5.41) is 3.04. The van der Waals surface area contributed by atoms with Crippen molar-refractivity contribution in [3.63, 3.8) is 0 Å². The van der Waals surface area contributed by atoms with Crippen LogP contribution in [0.1, 0.15) is 48.6 Å². The summed E-state index contributed by atoms with van der Waals surface area (Å²) in [6.07, 6.45) is 1.37. The zero-order valence-electron chi connectivity index (χ0n) is 24.6. The van der Waals surface area contributed by atoms with Crippen molar-refractivity contribution in [3.05, 3.63) is 101 Å². The Kier molecular flexibility index (Phi) is 9.79. The van der Waals surface area contributed by atoms with E-state index in [2.05, 4.69) is 5.32 Å². The number of carbonyl (C=O) groups is 2. The maximum Gasteiger partial charge on any atom is 0.244 e. The third kappa shape index (κ3) is 8.95. The molecule has 0 aliphatic heterocycles. The van der Waals surface area contributed by atoms with Gasteiger partial charge in [0.2, 0.25) is 21.8 Å². The highest BCUT2D eigenvalue weighted by Crippen LogP contribution is 2.23. The number of hydrogen-bond acceptors (Lipinski definition) is 4. The summed E-state index contributed by atoms with van der Waals surface area (Å²) in [6.45, 7) is 11.1. The molecule has 214 valence electrons. The number of aryl methyl sites for hydroxylation is 3. The van der Waals surface area contributed by atoms with E-state index in [1.54, 1.807) is 12.1 Å². The smallest absolute Gasteiger partial charge is 0.244 e. The molecule has 3 aromatic carbocycles. The monoisotopic (exact) mass is 563 g/mol. The highest BCUT2D eigenvalue weighted by molar-refractivity contribution is 7.92. The lowest BCUT2D eigenvalue weighted by Crippen LogP contribution is -2.56. The van der Waals surface area contributed by atoms with E-state index in [-0.39, 0.29) is 18.9 Å². The van der Waals surface area contributed by atoms with Gasteiger partial charge in [0.05, 0.1) is 11.9 Å². The molecule has 40 heavy (non-hydrogen) atoms. The molecule has 0 saturated carbocycles. The van der Waals surface area contributed by atoms with Gasteiger partial charge < -0.3 is 10.2 Å². The van der Waals surface area contributed by atoms with Gasteiger partial charge >= 0.3 is 0 Å². The summed E-state index contributed by atoms with van der Waals surface area (Å²) >= 11 is 0. The van der Waals surface area contributed by atoms with Crippen LogP contribution in [-0.4, -0.2) is 49.5 Å². The highest BCUT2D eigenvalue weighted by atomic mass is 32.2. The predicted molar refractivity (Wildman–Crippen MR) is 162 cm³/mol. The lowest BCUT2D eigenvalue weighted by atomic mass is 10.0. The molecule has 1 N–H and O–H groups in total. The van der Waals surface area contributed by atoms with Crippen LogP contribution in [0.4, 0.5) is 5.69 Å². The van der Waals surface area contributed by atoms with Gasteiger partial charge in [-0.3, -0.25) is 13.9 Å². The molecule has 0 aliphatic rings. The van der Waals surface area contributed by atoms with E-state index in [0.29, 0.717) is 5.69 Å². The molecule has 1 atom stereocenters. The van der Waals surface area contributed by atoms with Crippen LogP contribution in [0, 0.1) is 20.8 Å². The SMILES string of the molecule is Cc1ccc(CN(C(=O)CN(c2cc(C)cc(C)c2)S(C)(=O)=O)[C@@H](Cc2ccccc2)C(=O)NC(C)(C)C)cc1. The summed E-state index contributed by atoms with van der Waals surface area (Å²) < 4.78 is 27.1. The number of anilines is 1. The van der Waals surface area contributed by atoms with Crippen molar-refractivity contribution in [1.82, 2.24) is 10.2 Å². The average Bonchev–Trinajstić information content (AvgIpc) is 2.84. The van der Waals surface area contributed by atoms with Gasteiger partial charge in [0.25, 0.3) is 0 Å². The van der Waals surface area contributed by atoms with E-state index in [4.69, 9.17) is 0 Å². The largest absolute Gasteiger partial charge is 0.350 e. The lowest BCUT2D eigenvalue weighted by Gasteiger charge is -2.35. The summed E-state index contributed by atoms with van der Waals surface area (Å²) in [6, 6.07) is 21.9. The van der Waals surface area contributed by atoms with E-state index >= 15 is 0 Å². The third-order valence-corrected chi connectivity index (χ3v) is 7.56. The quantitative estimate of drug-likeness (QED) is 0.379. The van der Waals surface area contributed by atoms with Crippen LogP contribution in [0.25, 0.3) is 0 Å². The second kappa shape index (κ2) is 12.7. The molecule has 2 amide bonds. The van der Waals surface area contributed by atoms with Crippen LogP contribution in [0.5, 0.6) is 0 Å². The fourth-order valence-corrected chi connectivity index (χ4v) is 5.44. The molecule has 7 nitrogen and oxygen atoms in total. The Bertz CT molecular complexity index is 1410. The maximum absolute atomic E-state index is 14.2. The van der Waals surface area contributed by atoms with Crippen molar-refractivity contribution in [2.75, 3.05) is 17.1 Å². The highest BCUT2D eigenvalue weighted by Gasteiger charge is 2.34. The van der Waals surface area contributed by atoms with Crippen molar-refractivity contribution in [1.29, 1.82) is 0 Å². The van der Waals surface area contributed by atoms with Gasteiger partial charge in [-0.2, -0.15) is 0 Å². The van der Waals surface area contributed by atoms with E-state index in [9.17, 15) is 18.0 Å². The Morgan fingerprint density at radius 3 is 1.93 bits per heavy atom. The summed E-state index contributed by atoms with van der Waals surface area (Å²) in [5.41, 5.74) is 4.49. The first-order valence-corrected chi connectivity index (χ1v) is 15.2. The number of benzene rings is 3. The average molecular weight is 564 g/mol. The fourth-order valence-electron chi connectivity index (χ4n) is 4.61. The molecule has 3 aromatic rings. The van der Waals surface area contributed by atoms with Crippen LogP contribution < -0.4 is 9.62 Å². The van der Waals surface area contributed by atoms with Crippen LogP contribution in [0.3, 0.4) is 0 Å². The van der Waals surface area contributed by atoms with Crippen molar-refractivity contribution >= 4 is 27.5 Å². The van der Waals surface area contributed by atoms with E-state index < -0.39 is 34.1 Å². The van der Waals surface area contributed by atoms with Crippen molar-refractivity contribution in [2.45, 2.75) is 66.1 Å². The molecule has 0 aliphatic carbocycles. The Morgan fingerprint density at radius 1 is 0.825 bits per heavy atom. The van der Waals surface area contributed by atoms with Gasteiger partial charge in [-0.25, -0.2) is 8.42 Å². The molecule has 0 bridgehead atoms. The maximum atomic E-state index is 14.2. The lowest BCUT2D eigenvalue weighted by molar-refractivity contribution is -0.140. The first-order valence-electron chi connectivity index (χ1n) is 13.4. The molecule has 0 aromatic heterocycles. The number of nitrogens with zero attached hydrogens (tertiary/aromatic N) is 2. The van der Waals surface area contributed by atoms with Gasteiger partial charge in [-0.05, 0) is 75.9 Å². The molecule has 0 saturated heterocycles. The van der Waals surface area contributed by atoms with Gasteiger partial charge in [-0.1, -0.05) is 66.2 Å². The molecule has 0 unspecified atom stereocenters. The molecule has 0 spiro atoms. The molecular formula is C32H41N3O4S. The zero-order chi connectivity index (χ0) is 29.7. The molecule has 0 heterocycles. The number of amides is 2. The minimum Gasteiger partial charge on any atom is -0.350 e. The minimum absolute atomic E-state index is 0.151. The molecule has 3 rings (SSSR count).